The van der Waals surface area contributed by atoms with Crippen LogP contribution in [0.1, 0.15) is 18.9 Å². The highest BCUT2D eigenvalue weighted by atomic mass is 32.2. The molecule has 1 aliphatic heterocycles. The number of nitrogens with zero attached hydrogens (tertiary/aromatic N) is 1. The molecule has 0 fully saturated rings. The first kappa shape index (κ1) is 15.0. The second kappa shape index (κ2) is 5.95. The molecule has 0 atom stereocenters. The van der Waals surface area contributed by atoms with Gasteiger partial charge in [-0.2, -0.15) is 4.31 Å². The molecule has 0 amide bonds. The summed E-state index contributed by atoms with van der Waals surface area (Å²) in [7, 11) is -1.93. The van der Waals surface area contributed by atoms with Crippen molar-refractivity contribution in [3.63, 3.8) is 0 Å². The zero-order chi connectivity index (χ0) is 14.8. The minimum atomic E-state index is -3.47. The molecular formula is C14H20N2O3S. The standard InChI is InChI=1S/C14H20N2O3S/c1-11-4-3-7-16(10-11)20(17,18)13-5-6-14(19-2)12(8-13)9-15/h4-6,8H,3,7,9-10,15H2,1-2H3. The molecule has 0 aromatic heterocycles. The molecule has 2 N–H and O–H groups in total. The van der Waals surface area contributed by atoms with Gasteiger partial charge in [-0.3, -0.25) is 0 Å². The van der Waals surface area contributed by atoms with Gasteiger partial charge in [-0.05, 0) is 31.5 Å². The summed E-state index contributed by atoms with van der Waals surface area (Å²) < 4.78 is 31.9. The summed E-state index contributed by atoms with van der Waals surface area (Å²) in [6, 6.07) is 4.82. The van der Waals surface area contributed by atoms with Gasteiger partial charge in [0.1, 0.15) is 5.75 Å². The van der Waals surface area contributed by atoms with Crippen molar-refractivity contribution in [2.45, 2.75) is 24.8 Å². The topological polar surface area (TPSA) is 72.6 Å². The third-order valence-electron chi connectivity index (χ3n) is 3.41. The van der Waals surface area contributed by atoms with E-state index in [1.165, 1.54) is 4.31 Å². The molecule has 6 heteroatoms. The van der Waals surface area contributed by atoms with Crippen LogP contribution in [0.15, 0.2) is 34.7 Å². The number of sulfonamides is 1. The first-order chi connectivity index (χ1) is 9.48. The Balaban J connectivity index is 2.37. The maximum Gasteiger partial charge on any atom is 0.243 e. The predicted octanol–water partition coefficient (Wildman–Crippen LogP) is 1.49. The molecule has 1 aliphatic rings. The normalized spacial score (nSPS) is 16.9. The van der Waals surface area contributed by atoms with E-state index in [0.29, 0.717) is 24.4 Å². The van der Waals surface area contributed by atoms with Crippen LogP contribution in [0, 0.1) is 0 Å². The van der Waals surface area contributed by atoms with Crippen molar-refractivity contribution in [3.8, 4) is 5.75 Å². The Morgan fingerprint density at radius 3 is 2.75 bits per heavy atom. The minimum Gasteiger partial charge on any atom is -0.496 e. The van der Waals surface area contributed by atoms with Crippen molar-refractivity contribution in [3.05, 3.63) is 35.4 Å². The number of methoxy groups -OCH3 is 1. The largest absolute Gasteiger partial charge is 0.496 e. The maximum absolute atomic E-state index is 12.6. The molecule has 1 aromatic carbocycles. The van der Waals surface area contributed by atoms with Crippen molar-refractivity contribution in [2.24, 2.45) is 5.73 Å². The molecule has 1 aromatic rings. The van der Waals surface area contributed by atoms with Crippen molar-refractivity contribution < 1.29 is 13.2 Å². The lowest BCUT2D eigenvalue weighted by atomic mass is 10.2. The molecule has 0 radical (unpaired) electrons. The van der Waals surface area contributed by atoms with Gasteiger partial charge >= 0.3 is 0 Å². The molecule has 0 saturated heterocycles. The zero-order valence-electron chi connectivity index (χ0n) is 11.8. The smallest absolute Gasteiger partial charge is 0.243 e. The van der Waals surface area contributed by atoms with E-state index in [9.17, 15) is 8.42 Å². The van der Waals surface area contributed by atoms with Crippen LogP contribution in [-0.4, -0.2) is 32.9 Å². The van der Waals surface area contributed by atoms with E-state index in [2.05, 4.69) is 6.08 Å². The molecular weight excluding hydrogens is 276 g/mol. The fourth-order valence-electron chi connectivity index (χ4n) is 2.31. The van der Waals surface area contributed by atoms with Crippen molar-refractivity contribution in [2.75, 3.05) is 20.2 Å². The van der Waals surface area contributed by atoms with Gasteiger partial charge in [0, 0.05) is 25.2 Å². The summed E-state index contributed by atoms with van der Waals surface area (Å²) in [5.74, 6) is 0.612. The van der Waals surface area contributed by atoms with Gasteiger partial charge in [0.15, 0.2) is 0 Å². The molecule has 1 heterocycles. The van der Waals surface area contributed by atoms with Gasteiger partial charge in [0.2, 0.25) is 10.0 Å². The van der Waals surface area contributed by atoms with Gasteiger partial charge < -0.3 is 10.5 Å². The number of benzene rings is 1. The Hall–Kier alpha value is -1.37. The minimum absolute atomic E-state index is 0.242. The summed E-state index contributed by atoms with van der Waals surface area (Å²) in [5, 5.41) is 0. The van der Waals surface area contributed by atoms with Crippen molar-refractivity contribution >= 4 is 10.0 Å². The third-order valence-corrected chi connectivity index (χ3v) is 5.25. The van der Waals surface area contributed by atoms with Crippen LogP contribution in [0.25, 0.3) is 0 Å². The first-order valence-corrected chi connectivity index (χ1v) is 7.96. The van der Waals surface area contributed by atoms with Crippen LogP contribution >= 0.6 is 0 Å². The van der Waals surface area contributed by atoms with Gasteiger partial charge in [-0.25, -0.2) is 8.42 Å². The third kappa shape index (κ3) is 2.87. The average Bonchev–Trinajstić information content (AvgIpc) is 2.46. The van der Waals surface area contributed by atoms with E-state index in [1.807, 2.05) is 6.92 Å². The van der Waals surface area contributed by atoms with E-state index >= 15 is 0 Å². The lowest BCUT2D eigenvalue weighted by Gasteiger charge is -2.25. The van der Waals surface area contributed by atoms with Crippen molar-refractivity contribution in [1.29, 1.82) is 0 Å². The molecule has 0 bridgehead atoms. The summed E-state index contributed by atoms with van der Waals surface area (Å²) in [4.78, 5) is 0.272. The van der Waals surface area contributed by atoms with Gasteiger partial charge in [0.05, 0.1) is 12.0 Å². The van der Waals surface area contributed by atoms with Gasteiger partial charge in [0.25, 0.3) is 0 Å². The van der Waals surface area contributed by atoms with Gasteiger partial charge in [-0.15, -0.1) is 0 Å². The number of rotatable bonds is 4. The van der Waals surface area contributed by atoms with Crippen LogP contribution in [-0.2, 0) is 16.6 Å². The fourth-order valence-corrected chi connectivity index (χ4v) is 3.85. The number of hydrogen-bond acceptors (Lipinski definition) is 4. The Kier molecular flexibility index (Phi) is 4.47. The predicted molar refractivity (Wildman–Crippen MR) is 78.0 cm³/mol. The quantitative estimate of drug-likeness (QED) is 0.855. The van der Waals surface area contributed by atoms with E-state index in [4.69, 9.17) is 10.5 Å². The Morgan fingerprint density at radius 1 is 1.40 bits per heavy atom. The molecule has 0 aliphatic carbocycles. The van der Waals surface area contributed by atoms with Crippen LogP contribution in [0.5, 0.6) is 5.75 Å². The molecule has 2 rings (SSSR count). The maximum atomic E-state index is 12.6. The Morgan fingerprint density at radius 2 is 2.15 bits per heavy atom. The second-order valence-corrected chi connectivity index (χ2v) is 6.79. The molecule has 20 heavy (non-hydrogen) atoms. The first-order valence-electron chi connectivity index (χ1n) is 6.52. The highest BCUT2D eigenvalue weighted by Crippen LogP contribution is 2.25. The lowest BCUT2D eigenvalue weighted by molar-refractivity contribution is 0.408. The Bertz CT molecular complexity index is 623. The Labute approximate surface area is 120 Å². The zero-order valence-corrected chi connectivity index (χ0v) is 12.6. The van der Waals surface area contributed by atoms with E-state index < -0.39 is 10.0 Å². The van der Waals surface area contributed by atoms with Gasteiger partial charge in [-0.1, -0.05) is 11.6 Å². The second-order valence-electron chi connectivity index (χ2n) is 4.86. The SMILES string of the molecule is COc1ccc(S(=O)(=O)N2CCC=C(C)C2)cc1CN. The fraction of sp³-hybridized carbons (Fsp3) is 0.429. The molecule has 5 nitrogen and oxygen atoms in total. The van der Waals surface area contributed by atoms with E-state index in [0.717, 1.165) is 12.0 Å². The van der Waals surface area contributed by atoms with Crippen LogP contribution in [0.2, 0.25) is 0 Å². The molecule has 0 spiro atoms. The molecule has 0 saturated carbocycles. The monoisotopic (exact) mass is 296 g/mol. The summed E-state index contributed by atoms with van der Waals surface area (Å²) in [5.41, 5.74) is 7.41. The molecule has 0 unspecified atom stereocenters. The van der Waals surface area contributed by atoms with E-state index in [1.54, 1.807) is 25.3 Å². The highest BCUT2D eigenvalue weighted by molar-refractivity contribution is 7.89. The number of ether oxygens (including phenoxy) is 1. The van der Waals surface area contributed by atoms with Crippen molar-refractivity contribution in [1.82, 2.24) is 4.31 Å². The summed E-state index contributed by atoms with van der Waals surface area (Å²) in [6.45, 7) is 3.16. The number of hydrogen-bond donors (Lipinski definition) is 1. The number of nitrogens with two attached hydrogens (primary N) is 1. The van der Waals surface area contributed by atoms with Crippen LogP contribution in [0.3, 0.4) is 0 Å². The summed E-state index contributed by atoms with van der Waals surface area (Å²) >= 11 is 0. The van der Waals surface area contributed by atoms with Crippen LogP contribution in [0.4, 0.5) is 0 Å². The molecule has 110 valence electrons. The lowest BCUT2D eigenvalue weighted by Crippen LogP contribution is -2.35. The summed E-state index contributed by atoms with van der Waals surface area (Å²) in [6.07, 6.45) is 2.83. The van der Waals surface area contributed by atoms with Crippen LogP contribution < -0.4 is 10.5 Å². The van der Waals surface area contributed by atoms with E-state index in [-0.39, 0.29) is 11.4 Å². The highest BCUT2D eigenvalue weighted by Gasteiger charge is 2.26. The average molecular weight is 296 g/mol.